The van der Waals surface area contributed by atoms with Crippen LogP contribution in [-0.4, -0.2) is 66.3 Å². The Kier molecular flexibility index (Phi) is 8.66. The van der Waals surface area contributed by atoms with Crippen LogP contribution in [0.3, 0.4) is 0 Å². The van der Waals surface area contributed by atoms with E-state index in [9.17, 15) is 0 Å². The lowest BCUT2D eigenvalue weighted by Crippen LogP contribution is -2.50. The largest absolute Gasteiger partial charge is 0.493 e. The maximum absolute atomic E-state index is 5.78. The first kappa shape index (κ1) is 22.1. The van der Waals surface area contributed by atoms with Gasteiger partial charge in [-0.3, -0.25) is 0 Å². The predicted molar refractivity (Wildman–Crippen MR) is 109 cm³/mol. The fraction of sp³-hybridized carbons (Fsp3) is 0.650. The van der Waals surface area contributed by atoms with Crippen LogP contribution in [0.5, 0.6) is 17.2 Å². The molecule has 0 radical (unpaired) electrons. The molecule has 28 heavy (non-hydrogen) atoms. The summed E-state index contributed by atoms with van der Waals surface area (Å²) in [6.07, 6.45) is 1.73. The van der Waals surface area contributed by atoms with E-state index in [0.29, 0.717) is 43.6 Å². The van der Waals surface area contributed by atoms with Crippen molar-refractivity contribution in [2.24, 2.45) is 4.99 Å². The molecule has 2 rings (SSSR count). The number of guanidine groups is 1. The van der Waals surface area contributed by atoms with E-state index in [1.807, 2.05) is 19.1 Å². The molecular formula is C20H33N3O5. The molecule has 8 nitrogen and oxygen atoms in total. The molecule has 1 saturated heterocycles. The lowest BCUT2D eigenvalue weighted by molar-refractivity contribution is -0.0855. The average molecular weight is 396 g/mol. The summed E-state index contributed by atoms with van der Waals surface area (Å²) in [7, 11) is 6.56. The Balaban J connectivity index is 2.11. The van der Waals surface area contributed by atoms with Gasteiger partial charge in [-0.25, -0.2) is 4.99 Å². The van der Waals surface area contributed by atoms with Gasteiger partial charge in [0.15, 0.2) is 17.5 Å². The zero-order chi connectivity index (χ0) is 20.4. The molecule has 0 unspecified atom stereocenters. The van der Waals surface area contributed by atoms with Gasteiger partial charge in [0.25, 0.3) is 0 Å². The Bertz CT molecular complexity index is 620. The van der Waals surface area contributed by atoms with E-state index < -0.39 is 0 Å². The smallest absolute Gasteiger partial charge is 0.203 e. The van der Waals surface area contributed by atoms with Gasteiger partial charge in [-0.05, 0) is 24.6 Å². The summed E-state index contributed by atoms with van der Waals surface area (Å²) in [5.41, 5.74) is 0.736. The van der Waals surface area contributed by atoms with Gasteiger partial charge in [0.05, 0.1) is 33.5 Å². The highest BCUT2D eigenvalue weighted by Crippen LogP contribution is 2.38. The standard InChI is InChI=1S/C20H33N3O5/c1-6-21-19(23-14-20(27-5)7-9-28-10-8-20)22-13-15-11-16(24-2)18(26-4)17(12-15)25-3/h11-12H,6-10,13-14H2,1-5H3,(H2,21,22,23). The van der Waals surface area contributed by atoms with Crippen molar-refractivity contribution in [3.63, 3.8) is 0 Å². The third-order valence-corrected chi connectivity index (χ3v) is 4.90. The molecule has 1 fully saturated rings. The molecule has 0 saturated carbocycles. The number of rotatable bonds is 9. The second-order valence-corrected chi connectivity index (χ2v) is 6.58. The molecule has 0 aliphatic carbocycles. The highest BCUT2D eigenvalue weighted by Gasteiger charge is 2.32. The Morgan fingerprint density at radius 3 is 2.18 bits per heavy atom. The van der Waals surface area contributed by atoms with E-state index in [4.69, 9.17) is 28.7 Å². The molecule has 0 amide bonds. The highest BCUT2D eigenvalue weighted by molar-refractivity contribution is 5.79. The van der Waals surface area contributed by atoms with Crippen molar-refractivity contribution in [1.82, 2.24) is 10.6 Å². The van der Waals surface area contributed by atoms with Gasteiger partial charge in [0, 0.05) is 46.3 Å². The summed E-state index contributed by atoms with van der Waals surface area (Å²) < 4.78 is 27.4. The van der Waals surface area contributed by atoms with E-state index in [1.165, 1.54) is 0 Å². The van der Waals surface area contributed by atoms with Crippen LogP contribution in [0.4, 0.5) is 0 Å². The van der Waals surface area contributed by atoms with Crippen molar-refractivity contribution in [3.05, 3.63) is 17.7 Å². The van der Waals surface area contributed by atoms with E-state index in [0.717, 1.165) is 30.9 Å². The molecule has 8 heteroatoms. The molecule has 2 N–H and O–H groups in total. The lowest BCUT2D eigenvalue weighted by Gasteiger charge is -2.36. The summed E-state index contributed by atoms with van der Waals surface area (Å²) >= 11 is 0. The van der Waals surface area contributed by atoms with Gasteiger partial charge in [0.2, 0.25) is 5.75 Å². The minimum absolute atomic E-state index is 0.221. The quantitative estimate of drug-likeness (QED) is 0.489. The van der Waals surface area contributed by atoms with E-state index in [1.54, 1.807) is 28.4 Å². The first-order chi connectivity index (χ1) is 13.6. The second-order valence-electron chi connectivity index (χ2n) is 6.58. The number of ether oxygens (including phenoxy) is 5. The van der Waals surface area contributed by atoms with E-state index in [-0.39, 0.29) is 5.60 Å². The molecule has 1 heterocycles. The molecule has 1 aliphatic rings. The molecule has 1 aromatic rings. The van der Waals surface area contributed by atoms with Crippen LogP contribution in [0, 0.1) is 0 Å². The molecule has 0 aromatic heterocycles. The monoisotopic (exact) mass is 395 g/mol. The number of aliphatic imine (C=N–C) groups is 1. The molecule has 0 spiro atoms. The Morgan fingerprint density at radius 1 is 1.04 bits per heavy atom. The van der Waals surface area contributed by atoms with Crippen molar-refractivity contribution in [2.45, 2.75) is 31.9 Å². The summed E-state index contributed by atoms with van der Waals surface area (Å²) in [4.78, 5) is 4.70. The van der Waals surface area contributed by atoms with Crippen LogP contribution >= 0.6 is 0 Å². The Hall–Kier alpha value is -2.19. The maximum atomic E-state index is 5.78. The van der Waals surface area contributed by atoms with Gasteiger partial charge in [-0.1, -0.05) is 0 Å². The Morgan fingerprint density at radius 2 is 1.68 bits per heavy atom. The number of benzene rings is 1. The van der Waals surface area contributed by atoms with Crippen LogP contribution in [-0.2, 0) is 16.0 Å². The van der Waals surface area contributed by atoms with Crippen molar-refractivity contribution < 1.29 is 23.7 Å². The minimum atomic E-state index is -0.221. The summed E-state index contributed by atoms with van der Waals surface area (Å²) in [5, 5.41) is 6.68. The maximum Gasteiger partial charge on any atom is 0.203 e. The lowest BCUT2D eigenvalue weighted by atomic mass is 9.94. The first-order valence-electron chi connectivity index (χ1n) is 9.55. The van der Waals surface area contributed by atoms with Crippen molar-refractivity contribution >= 4 is 5.96 Å². The normalized spacial score (nSPS) is 16.4. The zero-order valence-electron chi connectivity index (χ0n) is 17.6. The number of methoxy groups -OCH3 is 4. The van der Waals surface area contributed by atoms with Crippen LogP contribution < -0.4 is 24.8 Å². The fourth-order valence-corrected chi connectivity index (χ4v) is 3.18. The zero-order valence-corrected chi connectivity index (χ0v) is 17.6. The molecule has 0 atom stereocenters. The van der Waals surface area contributed by atoms with Gasteiger partial charge in [-0.2, -0.15) is 0 Å². The Labute approximate surface area is 167 Å². The summed E-state index contributed by atoms with van der Waals surface area (Å²) in [5.74, 6) is 2.54. The highest BCUT2D eigenvalue weighted by atomic mass is 16.5. The number of hydrogen-bond donors (Lipinski definition) is 2. The second kappa shape index (κ2) is 11.0. The van der Waals surface area contributed by atoms with Crippen LogP contribution in [0.15, 0.2) is 17.1 Å². The average Bonchev–Trinajstić information content (AvgIpc) is 2.75. The van der Waals surface area contributed by atoms with Gasteiger partial charge >= 0.3 is 0 Å². The van der Waals surface area contributed by atoms with Gasteiger partial charge in [0.1, 0.15) is 0 Å². The summed E-state index contributed by atoms with van der Waals surface area (Å²) in [6.45, 7) is 5.38. The molecule has 1 aromatic carbocycles. The van der Waals surface area contributed by atoms with Crippen molar-refractivity contribution in [1.29, 1.82) is 0 Å². The van der Waals surface area contributed by atoms with Gasteiger partial charge < -0.3 is 34.3 Å². The fourth-order valence-electron chi connectivity index (χ4n) is 3.18. The van der Waals surface area contributed by atoms with Crippen LogP contribution in [0.25, 0.3) is 0 Å². The number of nitrogens with one attached hydrogen (secondary N) is 2. The molecule has 0 bridgehead atoms. The third-order valence-electron chi connectivity index (χ3n) is 4.90. The number of hydrogen-bond acceptors (Lipinski definition) is 6. The predicted octanol–water partition coefficient (Wildman–Crippen LogP) is 1.96. The topological polar surface area (TPSA) is 82.6 Å². The molecular weight excluding hydrogens is 362 g/mol. The van der Waals surface area contributed by atoms with Crippen molar-refractivity contribution in [2.75, 3.05) is 54.7 Å². The van der Waals surface area contributed by atoms with E-state index >= 15 is 0 Å². The SMILES string of the molecule is CCNC(=NCc1cc(OC)c(OC)c(OC)c1)NCC1(OC)CCOCC1. The number of nitrogens with zero attached hydrogens (tertiary/aromatic N) is 1. The molecule has 1 aliphatic heterocycles. The van der Waals surface area contributed by atoms with Crippen LogP contribution in [0.2, 0.25) is 0 Å². The first-order valence-corrected chi connectivity index (χ1v) is 9.55. The molecule has 158 valence electrons. The van der Waals surface area contributed by atoms with Crippen LogP contribution in [0.1, 0.15) is 25.3 Å². The van der Waals surface area contributed by atoms with E-state index in [2.05, 4.69) is 10.6 Å². The van der Waals surface area contributed by atoms with Crippen molar-refractivity contribution in [3.8, 4) is 17.2 Å². The third kappa shape index (κ3) is 5.65. The minimum Gasteiger partial charge on any atom is -0.493 e. The van der Waals surface area contributed by atoms with Gasteiger partial charge in [-0.15, -0.1) is 0 Å². The summed E-state index contributed by atoms with van der Waals surface area (Å²) in [6, 6.07) is 3.81.